The lowest BCUT2D eigenvalue weighted by atomic mass is 10.0. The van der Waals surface area contributed by atoms with Crippen molar-refractivity contribution in [3.63, 3.8) is 0 Å². The summed E-state index contributed by atoms with van der Waals surface area (Å²) in [5, 5.41) is 8.16. The molecule has 42 heavy (non-hydrogen) atoms. The van der Waals surface area contributed by atoms with E-state index in [0.29, 0.717) is 41.4 Å². The number of anilines is 5. The average Bonchev–Trinajstić information content (AvgIpc) is 3.52. The second-order valence-corrected chi connectivity index (χ2v) is 10.6. The van der Waals surface area contributed by atoms with Crippen LogP contribution in [0, 0.1) is 0 Å². The van der Waals surface area contributed by atoms with Gasteiger partial charge in [-0.15, -0.1) is 0 Å². The monoisotopic (exact) mass is 573 g/mol. The molecule has 2 fully saturated rings. The SMILES string of the molecule is C=CC(=O)Nc1cc(Nc2cc(N3OCC[C@@H]3c3cccc(OC)c3)ncn2)c(OC)cc1N1CCC(N(C)C)CC1. The van der Waals surface area contributed by atoms with Crippen molar-refractivity contribution in [2.75, 3.05) is 68.6 Å². The van der Waals surface area contributed by atoms with Crippen LogP contribution in [0.5, 0.6) is 11.5 Å². The maximum absolute atomic E-state index is 12.4. The van der Waals surface area contributed by atoms with Crippen molar-refractivity contribution in [1.29, 1.82) is 0 Å². The Morgan fingerprint density at radius 1 is 1.07 bits per heavy atom. The summed E-state index contributed by atoms with van der Waals surface area (Å²) in [6.45, 7) is 5.94. The molecular weight excluding hydrogens is 534 g/mol. The van der Waals surface area contributed by atoms with Crippen molar-refractivity contribution in [2.45, 2.75) is 31.3 Å². The van der Waals surface area contributed by atoms with Crippen molar-refractivity contribution in [3.8, 4) is 11.5 Å². The maximum Gasteiger partial charge on any atom is 0.247 e. The van der Waals surface area contributed by atoms with E-state index in [1.165, 1.54) is 12.4 Å². The number of hydrogen-bond acceptors (Lipinski definition) is 10. The van der Waals surface area contributed by atoms with Gasteiger partial charge in [0.05, 0.1) is 43.9 Å². The number of benzene rings is 2. The van der Waals surface area contributed by atoms with E-state index in [-0.39, 0.29) is 11.9 Å². The molecule has 0 radical (unpaired) electrons. The normalized spacial score (nSPS) is 17.3. The van der Waals surface area contributed by atoms with E-state index in [0.717, 1.165) is 49.4 Å². The molecule has 5 rings (SSSR count). The van der Waals surface area contributed by atoms with Crippen molar-refractivity contribution in [3.05, 3.63) is 67.0 Å². The molecule has 2 aliphatic rings. The van der Waals surface area contributed by atoms with Gasteiger partial charge in [0.25, 0.3) is 0 Å². The molecule has 1 amide bonds. The first-order chi connectivity index (χ1) is 20.4. The number of carbonyl (C=O) groups excluding carboxylic acids is 1. The number of hydrogen-bond donors (Lipinski definition) is 2. The Labute approximate surface area is 247 Å². The van der Waals surface area contributed by atoms with Crippen LogP contribution in [0.25, 0.3) is 0 Å². The second-order valence-electron chi connectivity index (χ2n) is 10.6. The standard InChI is InChI=1S/C31H39N7O4/c1-6-31(39)35-24-17-25(28(41-5)18-27(24)37-13-10-22(11-14-37)36(2)3)34-29-19-30(33-20-32-29)38-26(12-15-42-38)21-8-7-9-23(16-21)40-4/h6-9,16-20,22,26H,1,10-15H2,2-5H3,(H,35,39)(H,32,33,34)/t26-/m1/s1. The van der Waals surface area contributed by atoms with Gasteiger partial charge in [0.2, 0.25) is 5.91 Å². The molecule has 11 heteroatoms. The minimum absolute atomic E-state index is 0.0194. The largest absolute Gasteiger partial charge is 0.497 e. The summed E-state index contributed by atoms with van der Waals surface area (Å²) in [5.74, 6) is 2.32. The van der Waals surface area contributed by atoms with E-state index in [2.05, 4.69) is 57.1 Å². The molecule has 2 saturated heterocycles. The number of hydroxylamine groups is 1. The Bertz CT molecular complexity index is 1410. The average molecular weight is 574 g/mol. The zero-order valence-corrected chi connectivity index (χ0v) is 24.7. The number of piperidine rings is 1. The molecule has 0 spiro atoms. The van der Waals surface area contributed by atoms with Gasteiger partial charge in [-0.3, -0.25) is 9.63 Å². The fourth-order valence-corrected chi connectivity index (χ4v) is 5.52. The van der Waals surface area contributed by atoms with E-state index in [1.54, 1.807) is 14.2 Å². The number of methoxy groups -OCH3 is 2. The number of nitrogens with zero attached hydrogens (tertiary/aromatic N) is 5. The molecule has 1 aromatic heterocycles. The quantitative estimate of drug-likeness (QED) is 0.330. The highest BCUT2D eigenvalue weighted by Crippen LogP contribution is 2.40. The Balaban J connectivity index is 1.42. The molecule has 0 unspecified atom stereocenters. The third-order valence-corrected chi connectivity index (χ3v) is 7.82. The third-order valence-electron chi connectivity index (χ3n) is 7.82. The summed E-state index contributed by atoms with van der Waals surface area (Å²) in [6.07, 6.45) is 5.64. The highest BCUT2D eigenvalue weighted by atomic mass is 16.7. The predicted molar refractivity (Wildman–Crippen MR) is 165 cm³/mol. The Hall–Kier alpha value is -4.35. The van der Waals surface area contributed by atoms with Gasteiger partial charge in [-0.2, -0.15) is 0 Å². The first kappa shape index (κ1) is 29.2. The van der Waals surface area contributed by atoms with Crippen molar-refractivity contribution >= 4 is 34.6 Å². The van der Waals surface area contributed by atoms with Gasteiger partial charge in [-0.1, -0.05) is 18.7 Å². The van der Waals surface area contributed by atoms with Gasteiger partial charge >= 0.3 is 0 Å². The summed E-state index contributed by atoms with van der Waals surface area (Å²) >= 11 is 0. The van der Waals surface area contributed by atoms with Crippen LogP contribution in [-0.2, 0) is 9.63 Å². The molecule has 0 saturated carbocycles. The summed E-state index contributed by atoms with van der Waals surface area (Å²) in [6, 6.07) is 14.2. The van der Waals surface area contributed by atoms with Gasteiger partial charge in [0.15, 0.2) is 5.82 Å². The van der Waals surface area contributed by atoms with E-state index in [1.807, 2.05) is 41.5 Å². The van der Waals surface area contributed by atoms with Crippen molar-refractivity contribution in [2.24, 2.45) is 0 Å². The smallest absolute Gasteiger partial charge is 0.247 e. The maximum atomic E-state index is 12.4. The van der Waals surface area contributed by atoms with E-state index < -0.39 is 0 Å². The van der Waals surface area contributed by atoms with Gasteiger partial charge in [-0.05, 0) is 56.8 Å². The lowest BCUT2D eigenvalue weighted by Crippen LogP contribution is -2.42. The second kappa shape index (κ2) is 13.1. The van der Waals surface area contributed by atoms with Crippen LogP contribution in [0.15, 0.2) is 61.4 Å². The van der Waals surface area contributed by atoms with Crippen molar-refractivity contribution in [1.82, 2.24) is 14.9 Å². The summed E-state index contributed by atoms with van der Waals surface area (Å²) < 4.78 is 11.2. The lowest BCUT2D eigenvalue weighted by Gasteiger charge is -2.37. The van der Waals surface area contributed by atoms with Gasteiger partial charge in [0.1, 0.15) is 23.6 Å². The zero-order valence-electron chi connectivity index (χ0n) is 24.7. The van der Waals surface area contributed by atoms with Crippen LogP contribution in [0.3, 0.4) is 0 Å². The Morgan fingerprint density at radius 3 is 2.60 bits per heavy atom. The first-order valence-electron chi connectivity index (χ1n) is 14.1. The number of nitrogens with one attached hydrogen (secondary N) is 2. The molecule has 2 N–H and O–H groups in total. The summed E-state index contributed by atoms with van der Waals surface area (Å²) in [5.41, 5.74) is 3.30. The minimum atomic E-state index is -0.283. The van der Waals surface area contributed by atoms with Crippen LogP contribution >= 0.6 is 0 Å². The highest BCUT2D eigenvalue weighted by molar-refractivity contribution is 6.02. The number of rotatable bonds is 10. The minimum Gasteiger partial charge on any atom is -0.497 e. The molecule has 2 aliphatic heterocycles. The van der Waals surface area contributed by atoms with E-state index in [9.17, 15) is 4.79 Å². The fraction of sp³-hybridized carbons (Fsp3) is 0.387. The number of carbonyl (C=O) groups is 1. The molecule has 2 aromatic carbocycles. The van der Waals surface area contributed by atoms with E-state index >= 15 is 0 Å². The van der Waals surface area contributed by atoms with Crippen molar-refractivity contribution < 1.29 is 19.1 Å². The Kier molecular flexibility index (Phi) is 9.09. The topological polar surface area (TPSA) is 104 Å². The third kappa shape index (κ3) is 6.42. The van der Waals surface area contributed by atoms with Crippen LogP contribution in [0.1, 0.15) is 30.9 Å². The zero-order chi connectivity index (χ0) is 29.6. The summed E-state index contributed by atoms with van der Waals surface area (Å²) in [4.78, 5) is 31.9. The molecular formula is C31H39N7O4. The molecule has 3 heterocycles. The van der Waals surface area contributed by atoms with Crippen LogP contribution < -0.4 is 30.1 Å². The van der Waals surface area contributed by atoms with Crippen LogP contribution in [-0.4, -0.2) is 74.8 Å². The molecule has 3 aromatic rings. The molecule has 1 atom stereocenters. The lowest BCUT2D eigenvalue weighted by molar-refractivity contribution is -0.111. The van der Waals surface area contributed by atoms with Gasteiger partial charge in [0, 0.05) is 37.7 Å². The predicted octanol–water partition coefficient (Wildman–Crippen LogP) is 4.78. The molecule has 0 bridgehead atoms. The first-order valence-corrected chi connectivity index (χ1v) is 14.1. The molecule has 222 valence electrons. The summed E-state index contributed by atoms with van der Waals surface area (Å²) in [7, 11) is 7.53. The number of amides is 1. The van der Waals surface area contributed by atoms with Crippen LogP contribution in [0.4, 0.5) is 28.7 Å². The Morgan fingerprint density at radius 2 is 1.88 bits per heavy atom. The van der Waals surface area contributed by atoms with Gasteiger partial charge in [-0.25, -0.2) is 15.0 Å². The highest BCUT2D eigenvalue weighted by Gasteiger charge is 2.30. The van der Waals surface area contributed by atoms with Gasteiger partial charge < -0.3 is 29.9 Å². The fourth-order valence-electron chi connectivity index (χ4n) is 5.52. The molecule has 0 aliphatic carbocycles. The molecule has 11 nitrogen and oxygen atoms in total. The number of ether oxygens (including phenoxy) is 2. The number of aromatic nitrogens is 2. The van der Waals surface area contributed by atoms with Crippen LogP contribution in [0.2, 0.25) is 0 Å². The van der Waals surface area contributed by atoms with E-state index in [4.69, 9.17) is 14.3 Å².